The van der Waals surface area contributed by atoms with Gasteiger partial charge in [0.05, 0.1) is 0 Å². The highest BCUT2D eigenvalue weighted by Crippen LogP contribution is 2.11. The van der Waals surface area contributed by atoms with E-state index in [-0.39, 0.29) is 23.5 Å². The van der Waals surface area contributed by atoms with Crippen molar-refractivity contribution in [3.05, 3.63) is 30.2 Å². The van der Waals surface area contributed by atoms with E-state index >= 15 is 0 Å². The fourth-order valence-corrected chi connectivity index (χ4v) is 1.69. The molecule has 0 radical (unpaired) electrons. The van der Waals surface area contributed by atoms with Crippen LogP contribution in [0.15, 0.2) is 24.5 Å². The number of carbonyl (C=O) groups is 1. The molecular formula is C11H14N4O. The molecule has 3 N–H and O–H groups in total. The molecule has 1 heterocycles. The first-order valence-corrected chi connectivity index (χ1v) is 5.31. The van der Waals surface area contributed by atoms with Crippen molar-refractivity contribution < 1.29 is 4.79 Å². The maximum Gasteiger partial charge on any atom is 0.274 e. The molecule has 0 fully saturated rings. The molecule has 1 unspecified atom stereocenters. The zero-order valence-electron chi connectivity index (χ0n) is 8.89. The number of nitrogen functional groups attached to an aromatic ring is 1. The molecule has 1 aromatic rings. The maximum atomic E-state index is 11.8. The van der Waals surface area contributed by atoms with Crippen molar-refractivity contribution in [2.24, 2.45) is 0 Å². The van der Waals surface area contributed by atoms with Gasteiger partial charge in [-0.25, -0.2) is 9.97 Å². The summed E-state index contributed by atoms with van der Waals surface area (Å²) in [5.41, 5.74) is 5.77. The van der Waals surface area contributed by atoms with Gasteiger partial charge in [-0.15, -0.1) is 0 Å². The topological polar surface area (TPSA) is 80.9 Å². The van der Waals surface area contributed by atoms with Crippen molar-refractivity contribution in [1.82, 2.24) is 15.3 Å². The number of nitrogens with one attached hydrogen (secondary N) is 1. The van der Waals surface area contributed by atoms with E-state index in [0.717, 1.165) is 19.3 Å². The molecule has 1 atom stereocenters. The van der Waals surface area contributed by atoms with Crippen LogP contribution in [0.4, 0.5) is 5.82 Å². The summed E-state index contributed by atoms with van der Waals surface area (Å²) in [5.74, 6) is -0.0954. The summed E-state index contributed by atoms with van der Waals surface area (Å²) in [7, 11) is 0. The molecule has 0 saturated carbocycles. The molecular weight excluding hydrogens is 204 g/mol. The molecule has 0 bridgehead atoms. The molecule has 0 aromatic carbocycles. The Morgan fingerprint density at radius 1 is 1.44 bits per heavy atom. The Kier molecular flexibility index (Phi) is 3.14. The number of carbonyl (C=O) groups excluding carboxylic acids is 1. The molecule has 0 saturated heterocycles. The van der Waals surface area contributed by atoms with E-state index in [9.17, 15) is 4.79 Å². The van der Waals surface area contributed by atoms with Crippen LogP contribution < -0.4 is 11.1 Å². The van der Waals surface area contributed by atoms with Gasteiger partial charge in [0, 0.05) is 18.4 Å². The Labute approximate surface area is 93.8 Å². The standard InChI is InChI=1S/C11H14N4O/c12-10-9(13-6-7-14-10)11(16)15-8-4-2-1-3-5-8/h2,4,6-8H,1,3,5H2,(H2,12,14)(H,15,16). The highest BCUT2D eigenvalue weighted by Gasteiger charge is 2.16. The fraction of sp³-hybridized carbons (Fsp3) is 0.364. The molecule has 2 rings (SSSR count). The lowest BCUT2D eigenvalue weighted by molar-refractivity contribution is 0.0937. The highest BCUT2D eigenvalue weighted by molar-refractivity contribution is 5.96. The summed E-state index contributed by atoms with van der Waals surface area (Å²) in [6, 6.07) is 0.0858. The van der Waals surface area contributed by atoms with Gasteiger partial charge in [0.25, 0.3) is 5.91 Å². The molecule has 1 aliphatic carbocycles. The van der Waals surface area contributed by atoms with Crippen molar-refractivity contribution in [3.63, 3.8) is 0 Å². The van der Waals surface area contributed by atoms with Crippen molar-refractivity contribution in [1.29, 1.82) is 0 Å². The Hall–Kier alpha value is -1.91. The van der Waals surface area contributed by atoms with Gasteiger partial charge in [0.15, 0.2) is 11.5 Å². The first kappa shape index (κ1) is 10.6. The van der Waals surface area contributed by atoms with Crippen LogP contribution in [-0.4, -0.2) is 21.9 Å². The van der Waals surface area contributed by atoms with Crippen molar-refractivity contribution >= 4 is 11.7 Å². The predicted octanol–water partition coefficient (Wildman–Crippen LogP) is 0.897. The van der Waals surface area contributed by atoms with E-state index in [1.54, 1.807) is 0 Å². The summed E-state index contributed by atoms with van der Waals surface area (Å²) in [6.07, 6.45) is 10.1. The molecule has 84 valence electrons. The predicted molar refractivity (Wildman–Crippen MR) is 60.7 cm³/mol. The van der Waals surface area contributed by atoms with E-state index in [1.165, 1.54) is 12.4 Å². The normalized spacial score (nSPS) is 19.4. The van der Waals surface area contributed by atoms with Crippen molar-refractivity contribution in [2.75, 3.05) is 5.73 Å². The Bertz CT molecular complexity index is 416. The van der Waals surface area contributed by atoms with Crippen molar-refractivity contribution in [3.8, 4) is 0 Å². The third-order valence-corrected chi connectivity index (χ3v) is 2.51. The molecule has 16 heavy (non-hydrogen) atoms. The van der Waals surface area contributed by atoms with E-state index in [1.807, 2.05) is 6.08 Å². The van der Waals surface area contributed by atoms with E-state index in [2.05, 4.69) is 21.4 Å². The molecule has 1 amide bonds. The lowest BCUT2D eigenvalue weighted by Crippen LogP contribution is -2.35. The van der Waals surface area contributed by atoms with Gasteiger partial charge in [-0.05, 0) is 19.3 Å². The minimum atomic E-state index is -0.262. The summed E-state index contributed by atoms with van der Waals surface area (Å²) in [6.45, 7) is 0. The fourth-order valence-electron chi connectivity index (χ4n) is 1.69. The van der Waals surface area contributed by atoms with Gasteiger partial charge in [-0.3, -0.25) is 4.79 Å². The lowest BCUT2D eigenvalue weighted by Gasteiger charge is -2.17. The molecule has 1 aromatic heterocycles. The molecule has 0 aliphatic heterocycles. The van der Waals surface area contributed by atoms with Gasteiger partial charge in [-0.1, -0.05) is 12.2 Å². The number of aromatic nitrogens is 2. The van der Waals surface area contributed by atoms with Crippen LogP contribution in [0.5, 0.6) is 0 Å². The second-order valence-electron chi connectivity index (χ2n) is 3.73. The van der Waals surface area contributed by atoms with Crippen LogP contribution in [0.2, 0.25) is 0 Å². The summed E-state index contributed by atoms with van der Waals surface area (Å²) >= 11 is 0. The number of allylic oxidation sites excluding steroid dienone is 1. The van der Waals surface area contributed by atoms with E-state index in [0.29, 0.717) is 0 Å². The minimum Gasteiger partial charge on any atom is -0.382 e. The molecule has 5 heteroatoms. The number of nitrogens with two attached hydrogens (primary N) is 1. The van der Waals surface area contributed by atoms with Gasteiger partial charge >= 0.3 is 0 Å². The number of rotatable bonds is 2. The first-order valence-electron chi connectivity index (χ1n) is 5.31. The van der Waals surface area contributed by atoms with Crippen LogP contribution >= 0.6 is 0 Å². The second kappa shape index (κ2) is 4.74. The van der Waals surface area contributed by atoms with Crippen molar-refractivity contribution in [2.45, 2.75) is 25.3 Å². The van der Waals surface area contributed by atoms with Crippen LogP contribution in [0.25, 0.3) is 0 Å². The van der Waals surface area contributed by atoms with Gasteiger partial charge < -0.3 is 11.1 Å². The lowest BCUT2D eigenvalue weighted by atomic mass is 10.0. The van der Waals surface area contributed by atoms with Crippen LogP contribution in [0.1, 0.15) is 29.8 Å². The quantitative estimate of drug-likeness (QED) is 0.722. The molecule has 5 nitrogen and oxygen atoms in total. The number of amides is 1. The number of nitrogens with zero attached hydrogens (tertiary/aromatic N) is 2. The van der Waals surface area contributed by atoms with Gasteiger partial charge in [-0.2, -0.15) is 0 Å². The average Bonchev–Trinajstić information content (AvgIpc) is 2.31. The van der Waals surface area contributed by atoms with E-state index in [4.69, 9.17) is 5.73 Å². The summed E-state index contributed by atoms with van der Waals surface area (Å²) in [4.78, 5) is 19.6. The Morgan fingerprint density at radius 2 is 2.25 bits per heavy atom. The zero-order valence-corrected chi connectivity index (χ0v) is 8.89. The highest BCUT2D eigenvalue weighted by atomic mass is 16.2. The Morgan fingerprint density at radius 3 is 2.94 bits per heavy atom. The van der Waals surface area contributed by atoms with Gasteiger partial charge in [0.1, 0.15) is 0 Å². The van der Waals surface area contributed by atoms with Crippen LogP contribution in [0, 0.1) is 0 Å². The Balaban J connectivity index is 2.05. The van der Waals surface area contributed by atoms with Crippen LogP contribution in [-0.2, 0) is 0 Å². The number of hydrogen-bond acceptors (Lipinski definition) is 4. The largest absolute Gasteiger partial charge is 0.382 e. The van der Waals surface area contributed by atoms with Crippen LogP contribution in [0.3, 0.4) is 0 Å². The number of hydrogen-bond donors (Lipinski definition) is 2. The average molecular weight is 218 g/mol. The SMILES string of the molecule is Nc1nccnc1C(=O)NC1C=CCCC1. The molecule has 0 spiro atoms. The monoisotopic (exact) mass is 218 g/mol. The molecule has 1 aliphatic rings. The maximum absolute atomic E-state index is 11.8. The third-order valence-electron chi connectivity index (χ3n) is 2.51. The zero-order chi connectivity index (χ0) is 11.4. The smallest absolute Gasteiger partial charge is 0.274 e. The van der Waals surface area contributed by atoms with E-state index < -0.39 is 0 Å². The number of anilines is 1. The third kappa shape index (κ3) is 2.36. The second-order valence-corrected chi connectivity index (χ2v) is 3.73. The summed E-state index contributed by atoms with van der Waals surface area (Å²) < 4.78 is 0. The minimum absolute atomic E-state index is 0.0858. The first-order chi connectivity index (χ1) is 7.77. The summed E-state index contributed by atoms with van der Waals surface area (Å²) in [5, 5.41) is 2.87. The van der Waals surface area contributed by atoms with Gasteiger partial charge in [0.2, 0.25) is 0 Å².